The Morgan fingerprint density at radius 1 is 0.944 bits per heavy atom. The topological polar surface area (TPSA) is 94.7 Å². The highest BCUT2D eigenvalue weighted by atomic mass is 32.2. The van der Waals surface area contributed by atoms with E-state index in [-0.39, 0.29) is 16.7 Å². The molecule has 1 aliphatic rings. The van der Waals surface area contributed by atoms with Crippen LogP contribution in [0.2, 0.25) is 0 Å². The van der Waals surface area contributed by atoms with Gasteiger partial charge >= 0.3 is 6.09 Å². The average Bonchev–Trinajstić information content (AvgIpc) is 3.66. The van der Waals surface area contributed by atoms with Crippen LogP contribution >= 0.6 is 0 Å². The highest BCUT2D eigenvalue weighted by molar-refractivity contribution is 7.93. The van der Waals surface area contributed by atoms with Crippen LogP contribution in [0.3, 0.4) is 0 Å². The van der Waals surface area contributed by atoms with Crippen molar-refractivity contribution in [3.8, 4) is 11.5 Å². The SMILES string of the molecule is CC(C)(C)OC(=O)N(c1cccc(OC[C@@H]2CO2)c1)S(=O)(=O)c1ccc(OCc2ccccc2)cc1. The van der Waals surface area contributed by atoms with Gasteiger partial charge in [0.25, 0.3) is 10.0 Å². The van der Waals surface area contributed by atoms with Crippen LogP contribution in [0, 0.1) is 0 Å². The molecular weight excluding hydrogens is 482 g/mol. The zero-order valence-electron chi connectivity index (χ0n) is 20.4. The Morgan fingerprint density at radius 2 is 1.64 bits per heavy atom. The van der Waals surface area contributed by atoms with Gasteiger partial charge in [0.1, 0.15) is 36.4 Å². The first-order valence-corrected chi connectivity index (χ1v) is 13.0. The van der Waals surface area contributed by atoms with Crippen LogP contribution in [0.1, 0.15) is 26.3 Å². The molecule has 4 rings (SSSR count). The van der Waals surface area contributed by atoms with E-state index in [1.165, 1.54) is 24.3 Å². The molecule has 1 fully saturated rings. The lowest BCUT2D eigenvalue weighted by molar-refractivity contribution is 0.0609. The van der Waals surface area contributed by atoms with E-state index in [0.717, 1.165) is 5.56 Å². The van der Waals surface area contributed by atoms with Gasteiger partial charge in [-0.1, -0.05) is 36.4 Å². The fraction of sp³-hybridized carbons (Fsp3) is 0.296. The molecule has 1 amide bonds. The maximum absolute atomic E-state index is 13.7. The molecule has 1 saturated heterocycles. The van der Waals surface area contributed by atoms with E-state index in [4.69, 9.17) is 18.9 Å². The summed E-state index contributed by atoms with van der Waals surface area (Å²) in [4.78, 5) is 13.0. The number of nitrogens with zero attached hydrogens (tertiary/aromatic N) is 1. The van der Waals surface area contributed by atoms with Crippen molar-refractivity contribution in [2.75, 3.05) is 17.5 Å². The van der Waals surface area contributed by atoms with Gasteiger partial charge in [0.15, 0.2) is 0 Å². The van der Waals surface area contributed by atoms with Crippen molar-refractivity contribution in [1.29, 1.82) is 0 Å². The maximum Gasteiger partial charge on any atom is 0.429 e. The second-order valence-corrected chi connectivity index (χ2v) is 11.0. The first-order chi connectivity index (χ1) is 17.1. The van der Waals surface area contributed by atoms with Crippen molar-refractivity contribution in [3.05, 3.63) is 84.4 Å². The number of sulfonamides is 1. The van der Waals surface area contributed by atoms with Gasteiger partial charge in [0.2, 0.25) is 0 Å². The Morgan fingerprint density at radius 3 is 2.28 bits per heavy atom. The summed E-state index contributed by atoms with van der Waals surface area (Å²) in [6.45, 7) is 6.32. The molecule has 1 heterocycles. The van der Waals surface area contributed by atoms with Crippen molar-refractivity contribution in [2.45, 2.75) is 44.0 Å². The summed E-state index contributed by atoms with van der Waals surface area (Å²) in [6.07, 6.45) is -0.989. The number of ether oxygens (including phenoxy) is 4. The molecule has 0 saturated carbocycles. The Balaban J connectivity index is 1.59. The van der Waals surface area contributed by atoms with Gasteiger partial charge in [-0.15, -0.1) is 0 Å². The Hall–Kier alpha value is -3.56. The van der Waals surface area contributed by atoms with Crippen LogP contribution in [0.5, 0.6) is 11.5 Å². The van der Waals surface area contributed by atoms with Gasteiger partial charge in [-0.3, -0.25) is 0 Å². The maximum atomic E-state index is 13.7. The van der Waals surface area contributed by atoms with Crippen LogP contribution in [-0.2, 0) is 26.1 Å². The van der Waals surface area contributed by atoms with Crippen LogP contribution in [0.15, 0.2) is 83.8 Å². The number of epoxide rings is 1. The molecule has 0 aromatic heterocycles. The Bertz CT molecular complexity index is 1280. The molecule has 190 valence electrons. The van der Waals surface area contributed by atoms with E-state index in [2.05, 4.69) is 0 Å². The first-order valence-electron chi connectivity index (χ1n) is 11.5. The van der Waals surface area contributed by atoms with E-state index in [1.807, 2.05) is 30.3 Å². The lowest BCUT2D eigenvalue weighted by atomic mass is 10.2. The predicted octanol–water partition coefficient (Wildman–Crippen LogP) is 5.17. The normalized spacial score (nSPS) is 15.1. The quantitative estimate of drug-likeness (QED) is 0.366. The second-order valence-electron chi connectivity index (χ2n) is 9.26. The van der Waals surface area contributed by atoms with Gasteiger partial charge in [-0.05, 0) is 62.7 Å². The van der Waals surface area contributed by atoms with Crippen molar-refractivity contribution >= 4 is 21.8 Å². The zero-order chi connectivity index (χ0) is 25.8. The fourth-order valence-electron chi connectivity index (χ4n) is 3.25. The minimum atomic E-state index is -4.32. The highest BCUT2D eigenvalue weighted by Gasteiger charge is 2.35. The largest absolute Gasteiger partial charge is 0.491 e. The molecule has 0 N–H and O–H groups in total. The molecule has 3 aromatic rings. The molecule has 0 spiro atoms. The Labute approximate surface area is 211 Å². The fourth-order valence-corrected chi connectivity index (χ4v) is 4.57. The molecule has 1 atom stereocenters. The lowest BCUT2D eigenvalue weighted by Gasteiger charge is -2.27. The van der Waals surface area contributed by atoms with E-state index >= 15 is 0 Å². The number of carbonyl (C=O) groups excluding carboxylic acids is 1. The third kappa shape index (κ3) is 6.77. The van der Waals surface area contributed by atoms with Gasteiger partial charge in [0.05, 0.1) is 17.2 Å². The molecule has 36 heavy (non-hydrogen) atoms. The first kappa shape index (κ1) is 25.5. The van der Waals surface area contributed by atoms with Crippen LogP contribution in [0.25, 0.3) is 0 Å². The molecule has 0 unspecified atom stereocenters. The number of benzene rings is 3. The van der Waals surface area contributed by atoms with Crippen molar-refractivity contribution in [3.63, 3.8) is 0 Å². The van der Waals surface area contributed by atoms with Crippen molar-refractivity contribution in [1.82, 2.24) is 0 Å². The highest BCUT2D eigenvalue weighted by Crippen LogP contribution is 2.30. The van der Waals surface area contributed by atoms with Crippen molar-refractivity contribution in [2.24, 2.45) is 0 Å². The smallest absolute Gasteiger partial charge is 0.429 e. The Kier molecular flexibility index (Phi) is 7.51. The third-order valence-electron chi connectivity index (χ3n) is 5.06. The van der Waals surface area contributed by atoms with E-state index < -0.39 is 21.7 Å². The molecule has 3 aromatic carbocycles. The van der Waals surface area contributed by atoms with Crippen LogP contribution < -0.4 is 13.8 Å². The van der Waals surface area contributed by atoms with E-state index in [0.29, 0.717) is 35.6 Å². The van der Waals surface area contributed by atoms with Crippen LogP contribution in [0.4, 0.5) is 10.5 Å². The van der Waals surface area contributed by atoms with Crippen molar-refractivity contribution < 1.29 is 32.2 Å². The van der Waals surface area contributed by atoms with E-state index in [1.54, 1.807) is 45.0 Å². The van der Waals surface area contributed by atoms with E-state index in [9.17, 15) is 13.2 Å². The second kappa shape index (κ2) is 10.6. The van der Waals surface area contributed by atoms with Crippen LogP contribution in [-0.4, -0.2) is 39.4 Å². The number of amides is 1. The third-order valence-corrected chi connectivity index (χ3v) is 6.77. The van der Waals surface area contributed by atoms with Gasteiger partial charge < -0.3 is 18.9 Å². The number of carbonyl (C=O) groups is 1. The molecule has 0 bridgehead atoms. The minimum absolute atomic E-state index is 0.0296. The summed E-state index contributed by atoms with van der Waals surface area (Å²) in [6, 6.07) is 21.8. The molecule has 8 nitrogen and oxygen atoms in total. The lowest BCUT2D eigenvalue weighted by Crippen LogP contribution is -2.41. The summed E-state index contributed by atoms with van der Waals surface area (Å²) in [5.41, 5.74) is 0.181. The average molecular weight is 512 g/mol. The van der Waals surface area contributed by atoms with Gasteiger partial charge in [-0.25, -0.2) is 13.2 Å². The number of hydrogen-bond acceptors (Lipinski definition) is 7. The zero-order valence-corrected chi connectivity index (χ0v) is 21.2. The summed E-state index contributed by atoms with van der Waals surface area (Å²) in [5, 5.41) is 0. The molecule has 0 aliphatic carbocycles. The molecule has 1 aliphatic heterocycles. The molecule has 9 heteroatoms. The summed E-state index contributed by atoms with van der Waals surface area (Å²) in [5.74, 6) is 0.913. The number of anilines is 1. The minimum Gasteiger partial charge on any atom is -0.491 e. The predicted molar refractivity (Wildman–Crippen MR) is 135 cm³/mol. The molecular formula is C27H29NO7S. The standard InChI is InChI=1S/C27H29NO7S/c1-27(2,3)35-26(29)28(21-10-7-11-23(16-21)33-18-24-19-34-24)36(30,31)25-14-12-22(13-15-25)32-17-20-8-5-4-6-9-20/h4-16,24H,17-19H2,1-3H3/t24-/m1/s1. The molecule has 0 radical (unpaired) electrons. The summed E-state index contributed by atoms with van der Waals surface area (Å²) < 4.78 is 50.0. The monoisotopic (exact) mass is 511 g/mol. The number of rotatable bonds is 9. The van der Waals surface area contributed by atoms with Gasteiger partial charge in [-0.2, -0.15) is 4.31 Å². The summed E-state index contributed by atoms with van der Waals surface area (Å²) in [7, 11) is -4.32. The summed E-state index contributed by atoms with van der Waals surface area (Å²) >= 11 is 0. The number of hydrogen-bond donors (Lipinski definition) is 0. The van der Waals surface area contributed by atoms with Gasteiger partial charge in [0, 0.05) is 6.07 Å².